The number of nitrogens with two attached hydrogens (primary N) is 1. The number of hydroxylamine groups is 2. The van der Waals surface area contributed by atoms with Crippen molar-refractivity contribution < 1.29 is 21.6 Å². The van der Waals surface area contributed by atoms with Gasteiger partial charge in [0.25, 0.3) is 10.0 Å². The third-order valence-corrected chi connectivity index (χ3v) is 8.67. The monoisotopic (exact) mass is 398 g/mol. The molecule has 1 aromatic heterocycles. The fraction of sp³-hybridized carbons (Fsp3) is 0.667. The van der Waals surface area contributed by atoms with E-state index in [4.69, 9.17) is 9.88 Å². The number of methoxy groups -OCH3 is 1. The molecule has 1 aromatic rings. The van der Waals surface area contributed by atoms with Crippen LogP contribution in [0.2, 0.25) is 0 Å². The Kier molecular flexibility index (Phi) is 6.03. The minimum absolute atomic E-state index is 0.0306. The molecule has 0 spiro atoms. The second-order valence-corrected chi connectivity index (χ2v) is 10.3. The Labute approximate surface area is 145 Å². The Morgan fingerprint density at radius 1 is 1.54 bits per heavy atom. The number of fused-ring (bicyclic) bond motifs is 1. The van der Waals surface area contributed by atoms with E-state index in [-0.39, 0.29) is 33.6 Å². The van der Waals surface area contributed by atoms with E-state index in [1.165, 1.54) is 17.5 Å². The maximum absolute atomic E-state index is 12.7. The maximum Gasteiger partial charge on any atom is 0.252 e. The molecule has 0 saturated carbocycles. The highest BCUT2D eigenvalue weighted by atomic mass is 32.3. The Morgan fingerprint density at radius 2 is 2.21 bits per heavy atom. The Hall–Kier alpha value is -0.600. The first-order valence-electron chi connectivity index (χ1n) is 7.22. The Bertz CT molecular complexity index is 789. The van der Waals surface area contributed by atoms with Crippen molar-refractivity contribution in [2.75, 3.05) is 33.4 Å². The zero-order valence-electron chi connectivity index (χ0n) is 13.3. The molecule has 1 aliphatic rings. The molecule has 0 radical (unpaired) electrons. The van der Waals surface area contributed by atoms with Gasteiger partial charge >= 0.3 is 0 Å². The highest BCUT2D eigenvalue weighted by molar-refractivity contribution is 7.94. The van der Waals surface area contributed by atoms with E-state index in [1.54, 1.807) is 6.92 Å². The lowest BCUT2D eigenvalue weighted by atomic mass is 10.1. The summed E-state index contributed by atoms with van der Waals surface area (Å²) in [6.45, 7) is 2.34. The van der Waals surface area contributed by atoms with E-state index < -0.39 is 26.1 Å². The lowest BCUT2D eigenvalue weighted by molar-refractivity contribution is 0.177. The number of hydrogen-bond acceptors (Lipinski definition) is 8. The Balaban J connectivity index is 2.50. The summed E-state index contributed by atoms with van der Waals surface area (Å²) in [6, 6.07) is 0.438. The molecule has 0 unspecified atom stereocenters. The standard InChI is InChI=1S/C12H20N3O6S3/c1-3-15(16)10-8-14(5-4-6-21-2)24(19,20)12-9(10)7-11(22-12)23(13,17)18/h7,10H,3-6,8H2,1-2H3,(H2,13,17,18)/q-1/t10-/m0/s1. The highest BCUT2D eigenvalue weighted by Crippen LogP contribution is 2.41. The number of likely N-dealkylation sites (N-methyl/N-ethyl adjacent to an activating group) is 1. The molecule has 0 amide bonds. The molecule has 24 heavy (non-hydrogen) atoms. The van der Waals surface area contributed by atoms with E-state index >= 15 is 0 Å². The van der Waals surface area contributed by atoms with Gasteiger partial charge in [-0.2, -0.15) is 4.31 Å². The summed E-state index contributed by atoms with van der Waals surface area (Å²) in [5.74, 6) is 0. The third-order valence-electron chi connectivity index (χ3n) is 3.71. The number of hydrogen-bond donors (Lipinski definition) is 1. The van der Waals surface area contributed by atoms with Gasteiger partial charge in [-0.1, -0.05) is 6.92 Å². The smallest absolute Gasteiger partial charge is 0.252 e. The van der Waals surface area contributed by atoms with Crippen molar-refractivity contribution in [3.63, 3.8) is 0 Å². The van der Waals surface area contributed by atoms with Crippen molar-refractivity contribution in [2.24, 2.45) is 5.14 Å². The van der Waals surface area contributed by atoms with Crippen LogP contribution in [-0.2, 0) is 24.8 Å². The molecular weight excluding hydrogens is 378 g/mol. The summed E-state index contributed by atoms with van der Waals surface area (Å²) in [4.78, 5) is 0. The molecule has 2 rings (SSSR count). The number of rotatable bonds is 7. The summed E-state index contributed by atoms with van der Waals surface area (Å²) in [7, 11) is -6.40. The van der Waals surface area contributed by atoms with Gasteiger partial charge in [0.05, 0.1) is 0 Å². The van der Waals surface area contributed by atoms with Crippen LogP contribution in [0.15, 0.2) is 14.5 Å². The van der Waals surface area contributed by atoms with Crippen LogP contribution in [-0.4, -0.2) is 59.6 Å². The summed E-state index contributed by atoms with van der Waals surface area (Å²) in [6.07, 6.45) is 0.468. The van der Waals surface area contributed by atoms with Gasteiger partial charge in [-0.15, -0.1) is 11.3 Å². The second-order valence-electron chi connectivity index (χ2n) is 5.31. The average Bonchev–Trinajstić information content (AvgIpc) is 2.95. The van der Waals surface area contributed by atoms with Crippen molar-refractivity contribution in [1.82, 2.24) is 9.37 Å². The van der Waals surface area contributed by atoms with Crippen molar-refractivity contribution in [3.8, 4) is 0 Å². The normalized spacial score (nSPS) is 21.1. The zero-order chi connectivity index (χ0) is 18.1. The van der Waals surface area contributed by atoms with Crippen LogP contribution in [0.4, 0.5) is 0 Å². The second kappa shape index (κ2) is 7.33. The van der Waals surface area contributed by atoms with Crippen LogP contribution in [0.1, 0.15) is 24.9 Å². The van der Waals surface area contributed by atoms with E-state index in [0.717, 1.165) is 5.06 Å². The van der Waals surface area contributed by atoms with E-state index in [1.807, 2.05) is 0 Å². The van der Waals surface area contributed by atoms with Gasteiger partial charge in [0, 0.05) is 38.4 Å². The van der Waals surface area contributed by atoms with Gasteiger partial charge in [0.2, 0.25) is 10.0 Å². The van der Waals surface area contributed by atoms with Gasteiger partial charge in [-0.05, 0) is 19.0 Å². The van der Waals surface area contributed by atoms with E-state index in [9.17, 15) is 22.0 Å². The van der Waals surface area contributed by atoms with Gasteiger partial charge in [0.1, 0.15) is 8.42 Å². The van der Waals surface area contributed by atoms with Crippen LogP contribution in [0.3, 0.4) is 0 Å². The minimum Gasteiger partial charge on any atom is -0.785 e. The molecule has 0 saturated heterocycles. The predicted molar refractivity (Wildman–Crippen MR) is 89.4 cm³/mol. The summed E-state index contributed by atoms with van der Waals surface area (Å²) >= 11 is 0.584. The SMILES string of the molecule is CCN([O-])[C@H]1CN(CCCOC)S(=O)(=O)c2sc(S(N)(=O)=O)cc21. The van der Waals surface area contributed by atoms with Crippen molar-refractivity contribution in [2.45, 2.75) is 27.8 Å². The first-order chi connectivity index (χ1) is 11.1. The largest absolute Gasteiger partial charge is 0.785 e. The number of nitrogens with zero attached hydrogens (tertiary/aromatic N) is 2. The van der Waals surface area contributed by atoms with Gasteiger partial charge < -0.3 is 15.0 Å². The molecule has 2 N–H and O–H groups in total. The fourth-order valence-corrected chi connectivity index (χ4v) is 6.80. The van der Waals surface area contributed by atoms with Crippen LogP contribution in [0.5, 0.6) is 0 Å². The molecule has 0 aliphatic carbocycles. The van der Waals surface area contributed by atoms with Crippen molar-refractivity contribution >= 4 is 31.4 Å². The molecule has 9 nitrogen and oxygen atoms in total. The molecule has 2 heterocycles. The first-order valence-corrected chi connectivity index (χ1v) is 11.0. The lowest BCUT2D eigenvalue weighted by Gasteiger charge is -2.41. The number of primary sulfonamides is 1. The van der Waals surface area contributed by atoms with Crippen LogP contribution in [0, 0.1) is 5.21 Å². The van der Waals surface area contributed by atoms with Crippen LogP contribution >= 0.6 is 11.3 Å². The highest BCUT2D eigenvalue weighted by Gasteiger charge is 2.40. The summed E-state index contributed by atoms with van der Waals surface area (Å²) in [5.41, 5.74) is 0.198. The molecule has 1 atom stereocenters. The van der Waals surface area contributed by atoms with E-state index in [2.05, 4.69) is 0 Å². The fourth-order valence-electron chi connectivity index (χ4n) is 2.51. The minimum atomic E-state index is -4.05. The van der Waals surface area contributed by atoms with Crippen molar-refractivity contribution in [3.05, 3.63) is 16.8 Å². The lowest BCUT2D eigenvalue weighted by Crippen LogP contribution is -2.44. The molecule has 12 heteroatoms. The van der Waals surface area contributed by atoms with Gasteiger partial charge in [-0.25, -0.2) is 22.0 Å². The van der Waals surface area contributed by atoms with E-state index in [0.29, 0.717) is 24.4 Å². The maximum atomic E-state index is 12.7. The number of ether oxygens (including phenoxy) is 1. The molecule has 0 bridgehead atoms. The predicted octanol–water partition coefficient (Wildman–Crippen LogP) is 0.297. The van der Waals surface area contributed by atoms with Crippen LogP contribution in [0.25, 0.3) is 0 Å². The van der Waals surface area contributed by atoms with Crippen molar-refractivity contribution in [1.29, 1.82) is 0 Å². The average molecular weight is 399 g/mol. The molecule has 0 aromatic carbocycles. The number of thiophene rings is 1. The molecule has 0 fully saturated rings. The summed E-state index contributed by atoms with van der Waals surface area (Å²) in [5, 5.41) is 18.0. The first kappa shape index (κ1) is 19.7. The quantitative estimate of drug-likeness (QED) is 0.516. The molecular formula is C12H20N3O6S3-. The zero-order valence-corrected chi connectivity index (χ0v) is 15.8. The van der Waals surface area contributed by atoms with Gasteiger partial charge in [-0.3, -0.25) is 0 Å². The molecule has 138 valence electrons. The van der Waals surface area contributed by atoms with Crippen LogP contribution < -0.4 is 5.14 Å². The summed E-state index contributed by atoms with van der Waals surface area (Å²) < 4.78 is 54.3. The van der Waals surface area contributed by atoms with Gasteiger partial charge in [0.15, 0.2) is 0 Å². The number of sulfonamides is 2. The topological polar surface area (TPSA) is 133 Å². The molecule has 1 aliphatic heterocycles. The third kappa shape index (κ3) is 3.80. The Morgan fingerprint density at radius 3 is 2.75 bits per heavy atom.